The molecule has 1 heterocycles. The Morgan fingerprint density at radius 3 is 2.89 bits per heavy atom. The molecule has 96 valence electrons. The van der Waals surface area contributed by atoms with Gasteiger partial charge in [-0.05, 0) is 31.5 Å². The number of nitrogens with one attached hydrogen (secondary N) is 1. The molecule has 1 aromatic rings. The van der Waals surface area contributed by atoms with Crippen molar-refractivity contribution in [1.82, 2.24) is 4.72 Å². The van der Waals surface area contributed by atoms with Crippen molar-refractivity contribution in [3.63, 3.8) is 0 Å². The summed E-state index contributed by atoms with van der Waals surface area (Å²) in [6.07, 6.45) is 0.539. The molecular formula is C12H14N2O3S. The summed E-state index contributed by atoms with van der Waals surface area (Å²) in [5.41, 5.74) is 0.327. The maximum atomic E-state index is 12.1. The van der Waals surface area contributed by atoms with E-state index in [-0.39, 0.29) is 17.0 Å². The first kappa shape index (κ1) is 13.0. The zero-order chi connectivity index (χ0) is 13.2. The van der Waals surface area contributed by atoms with Crippen molar-refractivity contribution in [2.75, 3.05) is 6.61 Å². The van der Waals surface area contributed by atoms with Crippen LogP contribution in [0.4, 0.5) is 0 Å². The van der Waals surface area contributed by atoms with E-state index in [0.717, 1.165) is 0 Å². The maximum Gasteiger partial charge on any atom is 0.240 e. The first-order chi connectivity index (χ1) is 8.53. The second kappa shape index (κ2) is 5.06. The molecule has 6 heteroatoms. The number of hydrogen-bond donors (Lipinski definition) is 1. The highest BCUT2D eigenvalue weighted by Crippen LogP contribution is 2.17. The average molecular weight is 266 g/mol. The van der Waals surface area contributed by atoms with Crippen LogP contribution in [0.3, 0.4) is 0 Å². The third-order valence-electron chi connectivity index (χ3n) is 2.96. The minimum absolute atomic E-state index is 0.112. The summed E-state index contributed by atoms with van der Waals surface area (Å²) >= 11 is 0. The molecule has 1 aliphatic heterocycles. The third kappa shape index (κ3) is 2.70. The van der Waals surface area contributed by atoms with E-state index in [1.807, 2.05) is 13.0 Å². The van der Waals surface area contributed by atoms with E-state index in [1.54, 1.807) is 12.1 Å². The molecule has 1 aromatic carbocycles. The molecule has 1 saturated heterocycles. The summed E-state index contributed by atoms with van der Waals surface area (Å²) in [5, 5.41) is 8.77. The largest absolute Gasteiger partial charge is 0.377 e. The summed E-state index contributed by atoms with van der Waals surface area (Å²) in [6.45, 7) is 2.40. The molecule has 0 saturated carbocycles. The van der Waals surface area contributed by atoms with Crippen LogP contribution in [0.15, 0.2) is 29.2 Å². The lowest BCUT2D eigenvalue weighted by atomic mass is 10.2. The van der Waals surface area contributed by atoms with E-state index in [4.69, 9.17) is 10.00 Å². The van der Waals surface area contributed by atoms with Gasteiger partial charge >= 0.3 is 0 Å². The predicted octanol–water partition coefficient (Wildman–Crippen LogP) is 1.01. The summed E-state index contributed by atoms with van der Waals surface area (Å²) in [6, 6.07) is 7.68. The number of ether oxygens (including phenoxy) is 1. The van der Waals surface area contributed by atoms with Gasteiger partial charge < -0.3 is 4.74 Å². The van der Waals surface area contributed by atoms with Crippen LogP contribution in [0.1, 0.15) is 18.9 Å². The first-order valence-electron chi connectivity index (χ1n) is 5.67. The Labute approximate surface area is 106 Å². The summed E-state index contributed by atoms with van der Waals surface area (Å²) < 4.78 is 32.2. The Balaban J connectivity index is 2.22. The van der Waals surface area contributed by atoms with Crippen molar-refractivity contribution in [3.8, 4) is 6.07 Å². The maximum absolute atomic E-state index is 12.1. The lowest BCUT2D eigenvalue weighted by Gasteiger charge is -2.16. The molecule has 2 atom stereocenters. The minimum Gasteiger partial charge on any atom is -0.377 e. The topological polar surface area (TPSA) is 79.2 Å². The van der Waals surface area contributed by atoms with Crippen molar-refractivity contribution >= 4 is 10.0 Å². The molecule has 0 amide bonds. The van der Waals surface area contributed by atoms with Crippen molar-refractivity contribution in [1.29, 1.82) is 5.26 Å². The van der Waals surface area contributed by atoms with Gasteiger partial charge in [-0.1, -0.05) is 6.07 Å². The van der Waals surface area contributed by atoms with Gasteiger partial charge in [-0.25, -0.2) is 13.1 Å². The van der Waals surface area contributed by atoms with E-state index >= 15 is 0 Å². The third-order valence-corrected chi connectivity index (χ3v) is 4.44. The van der Waals surface area contributed by atoms with Gasteiger partial charge in [0.2, 0.25) is 10.0 Å². The normalized spacial score (nSPS) is 23.8. The van der Waals surface area contributed by atoms with Crippen LogP contribution >= 0.6 is 0 Å². The van der Waals surface area contributed by atoms with Gasteiger partial charge in [0.1, 0.15) is 0 Å². The van der Waals surface area contributed by atoms with E-state index < -0.39 is 10.0 Å². The Kier molecular flexibility index (Phi) is 3.66. The van der Waals surface area contributed by atoms with E-state index in [9.17, 15) is 8.42 Å². The minimum atomic E-state index is -3.59. The molecule has 18 heavy (non-hydrogen) atoms. The smallest absolute Gasteiger partial charge is 0.240 e. The van der Waals surface area contributed by atoms with Gasteiger partial charge in [-0.3, -0.25) is 0 Å². The first-order valence-corrected chi connectivity index (χ1v) is 7.15. The standard InChI is InChI=1S/C12H14N2O3S/c1-9-12(5-6-17-9)14-18(15,16)11-4-2-3-10(7-11)8-13/h2-4,7,9,12,14H,5-6H2,1H3. The Morgan fingerprint density at radius 1 is 1.50 bits per heavy atom. The highest BCUT2D eigenvalue weighted by atomic mass is 32.2. The molecule has 0 radical (unpaired) electrons. The number of benzene rings is 1. The van der Waals surface area contributed by atoms with Crippen LogP contribution < -0.4 is 4.72 Å². The summed E-state index contributed by atoms with van der Waals surface area (Å²) in [5.74, 6) is 0. The Hall–Kier alpha value is -1.42. The average Bonchev–Trinajstić information content (AvgIpc) is 2.74. The Morgan fingerprint density at radius 2 is 2.28 bits per heavy atom. The molecule has 0 aliphatic carbocycles. The van der Waals surface area contributed by atoms with E-state index in [2.05, 4.69) is 4.72 Å². The van der Waals surface area contributed by atoms with Crippen LogP contribution in [-0.4, -0.2) is 27.2 Å². The number of hydrogen-bond acceptors (Lipinski definition) is 4. The molecular weight excluding hydrogens is 252 g/mol. The molecule has 0 spiro atoms. The molecule has 0 aromatic heterocycles. The zero-order valence-electron chi connectivity index (χ0n) is 9.96. The SMILES string of the molecule is CC1OCCC1NS(=O)(=O)c1cccc(C#N)c1. The van der Waals surface area contributed by atoms with Gasteiger partial charge in [0.25, 0.3) is 0 Å². The molecule has 1 N–H and O–H groups in total. The lowest BCUT2D eigenvalue weighted by molar-refractivity contribution is 0.117. The number of rotatable bonds is 3. The second-order valence-corrected chi connectivity index (χ2v) is 5.95. The summed E-state index contributed by atoms with van der Waals surface area (Å²) in [4.78, 5) is 0.112. The fourth-order valence-corrected chi connectivity index (χ4v) is 3.27. The van der Waals surface area contributed by atoms with Crippen LogP contribution in [0.2, 0.25) is 0 Å². The molecule has 0 bridgehead atoms. The molecule has 1 aliphatic rings. The van der Waals surface area contributed by atoms with E-state index in [1.165, 1.54) is 12.1 Å². The molecule has 2 unspecified atom stereocenters. The van der Waals surface area contributed by atoms with Crippen LogP contribution in [-0.2, 0) is 14.8 Å². The molecule has 5 nitrogen and oxygen atoms in total. The zero-order valence-corrected chi connectivity index (χ0v) is 10.8. The number of nitrogens with zero attached hydrogens (tertiary/aromatic N) is 1. The van der Waals surface area contributed by atoms with Crippen molar-refractivity contribution in [2.24, 2.45) is 0 Å². The van der Waals surface area contributed by atoms with Gasteiger partial charge in [-0.2, -0.15) is 5.26 Å². The fourth-order valence-electron chi connectivity index (χ4n) is 1.89. The van der Waals surface area contributed by atoms with Crippen molar-refractivity contribution in [2.45, 2.75) is 30.4 Å². The summed E-state index contributed by atoms with van der Waals surface area (Å²) in [7, 11) is -3.59. The molecule has 2 rings (SSSR count). The number of nitriles is 1. The van der Waals surface area contributed by atoms with Crippen molar-refractivity contribution < 1.29 is 13.2 Å². The van der Waals surface area contributed by atoms with Gasteiger partial charge in [0, 0.05) is 6.61 Å². The van der Waals surface area contributed by atoms with Crippen LogP contribution in [0, 0.1) is 11.3 Å². The van der Waals surface area contributed by atoms with Crippen LogP contribution in [0.5, 0.6) is 0 Å². The fraction of sp³-hybridized carbons (Fsp3) is 0.417. The number of sulfonamides is 1. The lowest BCUT2D eigenvalue weighted by Crippen LogP contribution is -2.39. The van der Waals surface area contributed by atoms with Crippen LogP contribution in [0.25, 0.3) is 0 Å². The van der Waals surface area contributed by atoms with Crippen molar-refractivity contribution in [3.05, 3.63) is 29.8 Å². The highest BCUT2D eigenvalue weighted by molar-refractivity contribution is 7.89. The molecule has 1 fully saturated rings. The van der Waals surface area contributed by atoms with Gasteiger partial charge in [0.05, 0.1) is 28.7 Å². The Bertz CT molecular complexity index is 577. The predicted molar refractivity (Wildman–Crippen MR) is 65.3 cm³/mol. The van der Waals surface area contributed by atoms with Gasteiger partial charge in [-0.15, -0.1) is 0 Å². The van der Waals surface area contributed by atoms with Gasteiger partial charge in [0.15, 0.2) is 0 Å². The van der Waals surface area contributed by atoms with E-state index in [0.29, 0.717) is 18.6 Å². The monoisotopic (exact) mass is 266 g/mol. The second-order valence-electron chi connectivity index (χ2n) is 4.23. The highest BCUT2D eigenvalue weighted by Gasteiger charge is 2.29. The quantitative estimate of drug-likeness (QED) is 0.885.